The first-order valence-corrected chi connectivity index (χ1v) is 7.34. The molecule has 116 valence electrons. The second-order valence-corrected chi connectivity index (χ2v) is 5.51. The highest BCUT2D eigenvalue weighted by atomic mass is 16.5. The van der Waals surface area contributed by atoms with E-state index in [0.29, 0.717) is 18.0 Å². The molecule has 1 fully saturated rings. The van der Waals surface area contributed by atoms with Crippen LogP contribution in [-0.2, 0) is 16.6 Å². The minimum atomic E-state index is -0.252. The fraction of sp³-hybridized carbons (Fsp3) is 0.467. The van der Waals surface area contributed by atoms with E-state index in [1.54, 1.807) is 23.1 Å². The van der Waals surface area contributed by atoms with Gasteiger partial charge in [-0.1, -0.05) is 0 Å². The molecule has 1 N–H and O–H groups in total. The second kappa shape index (κ2) is 6.23. The average Bonchev–Trinajstić information content (AvgIpc) is 2.96. The van der Waals surface area contributed by atoms with Crippen molar-refractivity contribution in [3.63, 3.8) is 0 Å². The Balaban J connectivity index is 1.78. The van der Waals surface area contributed by atoms with Gasteiger partial charge in [0.15, 0.2) is 0 Å². The number of nitrogens with one attached hydrogen (secondary N) is 1. The number of aryl methyl sites for hydroxylation is 2. The quantitative estimate of drug-likeness (QED) is 0.931. The van der Waals surface area contributed by atoms with Gasteiger partial charge in [0.1, 0.15) is 0 Å². The van der Waals surface area contributed by atoms with Crippen LogP contribution in [0.4, 0.5) is 5.69 Å². The molecule has 1 amide bonds. The predicted octanol–water partition coefficient (Wildman–Crippen LogP) is 1.62. The second-order valence-electron chi connectivity index (χ2n) is 5.51. The van der Waals surface area contributed by atoms with E-state index in [4.69, 9.17) is 4.74 Å². The van der Waals surface area contributed by atoms with E-state index in [0.717, 1.165) is 18.4 Å². The Bertz CT molecular complexity index is 669. The Morgan fingerprint density at radius 3 is 3.09 bits per heavy atom. The van der Waals surface area contributed by atoms with Crippen LogP contribution < -0.4 is 5.32 Å². The molecule has 0 unspecified atom stereocenters. The number of hydrogen-bond donors (Lipinski definition) is 1. The number of anilines is 1. The average molecular weight is 301 g/mol. The molecule has 7 heteroatoms. The van der Waals surface area contributed by atoms with E-state index in [2.05, 4.69) is 20.6 Å². The molecule has 2 aromatic heterocycles. The van der Waals surface area contributed by atoms with Crippen molar-refractivity contribution >= 4 is 11.6 Å². The van der Waals surface area contributed by atoms with Crippen LogP contribution in [-0.4, -0.2) is 32.5 Å². The van der Waals surface area contributed by atoms with Crippen molar-refractivity contribution in [1.29, 1.82) is 0 Å². The summed E-state index contributed by atoms with van der Waals surface area (Å²) in [6.07, 6.45) is 6.65. The minimum Gasteiger partial charge on any atom is -0.373 e. The number of rotatable bonds is 3. The van der Waals surface area contributed by atoms with Crippen molar-refractivity contribution in [2.75, 3.05) is 11.9 Å². The van der Waals surface area contributed by atoms with Crippen molar-refractivity contribution in [2.45, 2.75) is 25.9 Å². The van der Waals surface area contributed by atoms with Gasteiger partial charge >= 0.3 is 0 Å². The lowest BCUT2D eigenvalue weighted by atomic mass is 9.90. The molecule has 0 spiro atoms. The van der Waals surface area contributed by atoms with Gasteiger partial charge in [-0.15, -0.1) is 0 Å². The first kappa shape index (κ1) is 14.6. The van der Waals surface area contributed by atoms with Gasteiger partial charge < -0.3 is 10.1 Å². The number of carbonyl (C=O) groups excluding carboxylic acids is 1. The van der Waals surface area contributed by atoms with Crippen LogP contribution in [0.25, 0.3) is 0 Å². The van der Waals surface area contributed by atoms with Gasteiger partial charge in [0.05, 0.1) is 35.8 Å². The SMILES string of the molecule is Cc1nnccc1NC(=O)[C@@H]1CCCO[C@H]1c1cnn(C)c1. The number of amides is 1. The summed E-state index contributed by atoms with van der Waals surface area (Å²) in [5, 5.41) is 14.8. The molecule has 1 saturated heterocycles. The largest absolute Gasteiger partial charge is 0.373 e. The fourth-order valence-electron chi connectivity index (χ4n) is 2.73. The van der Waals surface area contributed by atoms with Gasteiger partial charge in [0, 0.05) is 25.4 Å². The molecule has 0 aliphatic carbocycles. The Hall–Kier alpha value is -2.28. The smallest absolute Gasteiger partial charge is 0.230 e. The lowest BCUT2D eigenvalue weighted by molar-refractivity contribution is -0.129. The predicted molar refractivity (Wildman–Crippen MR) is 80.0 cm³/mol. The molecule has 1 aliphatic heterocycles. The van der Waals surface area contributed by atoms with E-state index in [1.807, 2.05) is 20.2 Å². The lowest BCUT2D eigenvalue weighted by Gasteiger charge is -2.30. The summed E-state index contributed by atoms with van der Waals surface area (Å²) in [6.45, 7) is 2.48. The highest BCUT2D eigenvalue weighted by molar-refractivity contribution is 5.93. The van der Waals surface area contributed by atoms with Crippen molar-refractivity contribution in [2.24, 2.45) is 13.0 Å². The Kier molecular flexibility index (Phi) is 4.15. The van der Waals surface area contributed by atoms with Crippen LogP contribution in [0.15, 0.2) is 24.7 Å². The van der Waals surface area contributed by atoms with Gasteiger partial charge in [0.2, 0.25) is 5.91 Å². The Morgan fingerprint density at radius 2 is 2.36 bits per heavy atom. The van der Waals surface area contributed by atoms with Crippen molar-refractivity contribution in [3.05, 3.63) is 35.9 Å². The zero-order chi connectivity index (χ0) is 15.5. The molecule has 0 aromatic carbocycles. The minimum absolute atomic E-state index is 0.0512. The van der Waals surface area contributed by atoms with Crippen molar-refractivity contribution in [3.8, 4) is 0 Å². The van der Waals surface area contributed by atoms with Crippen LogP contribution in [0.3, 0.4) is 0 Å². The number of carbonyl (C=O) groups is 1. The molecule has 1 aliphatic rings. The first-order valence-electron chi connectivity index (χ1n) is 7.34. The summed E-state index contributed by atoms with van der Waals surface area (Å²) in [6, 6.07) is 1.75. The monoisotopic (exact) mass is 301 g/mol. The first-order chi connectivity index (χ1) is 10.6. The molecule has 0 bridgehead atoms. The van der Waals surface area contributed by atoms with Gasteiger partial charge in [-0.2, -0.15) is 15.3 Å². The number of hydrogen-bond acceptors (Lipinski definition) is 5. The molecule has 2 atom stereocenters. The van der Waals surface area contributed by atoms with E-state index in [-0.39, 0.29) is 17.9 Å². The van der Waals surface area contributed by atoms with Crippen LogP contribution in [0.2, 0.25) is 0 Å². The van der Waals surface area contributed by atoms with E-state index in [9.17, 15) is 4.79 Å². The zero-order valence-electron chi connectivity index (χ0n) is 12.7. The molecule has 22 heavy (non-hydrogen) atoms. The van der Waals surface area contributed by atoms with Gasteiger partial charge in [-0.25, -0.2) is 0 Å². The third kappa shape index (κ3) is 2.99. The summed E-state index contributed by atoms with van der Waals surface area (Å²) >= 11 is 0. The van der Waals surface area contributed by atoms with Crippen molar-refractivity contribution in [1.82, 2.24) is 20.0 Å². The van der Waals surface area contributed by atoms with Crippen molar-refractivity contribution < 1.29 is 9.53 Å². The van der Waals surface area contributed by atoms with E-state index >= 15 is 0 Å². The van der Waals surface area contributed by atoms with Crippen LogP contribution in [0, 0.1) is 12.8 Å². The summed E-state index contributed by atoms with van der Waals surface area (Å²) in [7, 11) is 1.85. The summed E-state index contributed by atoms with van der Waals surface area (Å²) < 4.78 is 7.56. The molecule has 0 saturated carbocycles. The molecule has 0 radical (unpaired) electrons. The standard InChI is InChI=1S/C15H19N5O2/c1-10-13(5-6-16-19-10)18-15(21)12-4-3-7-22-14(12)11-8-17-20(2)9-11/h5-6,8-9,12,14H,3-4,7H2,1-2H3,(H,16,18,21)/t12-,14+/m1/s1. The fourth-order valence-corrected chi connectivity index (χ4v) is 2.73. The highest BCUT2D eigenvalue weighted by Crippen LogP contribution is 2.34. The maximum atomic E-state index is 12.6. The Morgan fingerprint density at radius 1 is 1.50 bits per heavy atom. The lowest BCUT2D eigenvalue weighted by Crippen LogP contribution is -2.33. The summed E-state index contributed by atoms with van der Waals surface area (Å²) in [4.78, 5) is 12.6. The third-order valence-corrected chi connectivity index (χ3v) is 3.88. The van der Waals surface area contributed by atoms with Crippen LogP contribution in [0.1, 0.15) is 30.2 Å². The maximum Gasteiger partial charge on any atom is 0.230 e. The molecular formula is C15H19N5O2. The van der Waals surface area contributed by atoms with Crippen LogP contribution in [0.5, 0.6) is 0 Å². The third-order valence-electron chi connectivity index (χ3n) is 3.88. The number of ether oxygens (including phenoxy) is 1. The van der Waals surface area contributed by atoms with E-state index in [1.165, 1.54) is 0 Å². The van der Waals surface area contributed by atoms with Gasteiger partial charge in [-0.3, -0.25) is 9.48 Å². The summed E-state index contributed by atoms with van der Waals surface area (Å²) in [5.41, 5.74) is 2.33. The molecule has 3 rings (SSSR count). The highest BCUT2D eigenvalue weighted by Gasteiger charge is 2.34. The normalized spacial score (nSPS) is 21.5. The molecule has 3 heterocycles. The summed E-state index contributed by atoms with van der Waals surface area (Å²) in [5.74, 6) is -0.282. The molecule has 7 nitrogen and oxygen atoms in total. The number of aromatic nitrogens is 4. The van der Waals surface area contributed by atoms with E-state index < -0.39 is 0 Å². The topological polar surface area (TPSA) is 81.9 Å². The van der Waals surface area contributed by atoms with Gasteiger partial charge in [-0.05, 0) is 25.8 Å². The Labute approximate surface area is 128 Å². The maximum absolute atomic E-state index is 12.6. The zero-order valence-corrected chi connectivity index (χ0v) is 12.7. The van der Waals surface area contributed by atoms with Crippen LogP contribution >= 0.6 is 0 Å². The number of nitrogens with zero attached hydrogens (tertiary/aromatic N) is 4. The molecular weight excluding hydrogens is 282 g/mol. The molecule has 2 aromatic rings. The van der Waals surface area contributed by atoms with Gasteiger partial charge in [0.25, 0.3) is 0 Å².